The fourth-order valence-corrected chi connectivity index (χ4v) is 3.67. The molecule has 1 unspecified atom stereocenters. The van der Waals surface area contributed by atoms with Crippen molar-refractivity contribution >= 4 is 37.5 Å². The van der Waals surface area contributed by atoms with Crippen molar-refractivity contribution in [2.45, 2.75) is 46.5 Å². The van der Waals surface area contributed by atoms with Crippen LogP contribution >= 0.6 is 15.9 Å². The highest BCUT2D eigenvalue weighted by atomic mass is 79.9. The summed E-state index contributed by atoms with van der Waals surface area (Å²) >= 11 is 3.40. The summed E-state index contributed by atoms with van der Waals surface area (Å²) in [6, 6.07) is 5.24. The standard InChI is InChI=1S/C18H29BrN2O3S/c1-5-7-8-15(6-2)12-20-18(22)13-21(25(4,23)24)16-9-10-17(19)14(3)11-16/h9-11,15H,5-8,12-13H2,1-4H3,(H,20,22). The summed E-state index contributed by atoms with van der Waals surface area (Å²) in [7, 11) is -3.54. The van der Waals surface area contributed by atoms with E-state index in [0.717, 1.165) is 46.3 Å². The summed E-state index contributed by atoms with van der Waals surface area (Å²) in [5.41, 5.74) is 1.41. The smallest absolute Gasteiger partial charge is 0.240 e. The highest BCUT2D eigenvalue weighted by Gasteiger charge is 2.21. The van der Waals surface area contributed by atoms with Crippen molar-refractivity contribution in [2.75, 3.05) is 23.7 Å². The fourth-order valence-electron chi connectivity index (χ4n) is 2.57. The Morgan fingerprint density at radius 1 is 1.32 bits per heavy atom. The zero-order valence-corrected chi connectivity index (χ0v) is 17.9. The molecule has 1 atom stereocenters. The van der Waals surface area contributed by atoms with Gasteiger partial charge in [0.05, 0.1) is 11.9 Å². The molecule has 0 spiro atoms. The Bertz CT molecular complexity index is 677. The van der Waals surface area contributed by atoms with Gasteiger partial charge in [-0.3, -0.25) is 9.10 Å². The molecule has 1 aromatic carbocycles. The molecule has 0 bridgehead atoms. The Balaban J connectivity index is 2.79. The SMILES string of the molecule is CCCCC(CC)CNC(=O)CN(c1ccc(Br)c(C)c1)S(C)(=O)=O. The van der Waals surface area contributed by atoms with Crippen LogP contribution in [0.25, 0.3) is 0 Å². The topological polar surface area (TPSA) is 66.5 Å². The number of aryl methyl sites for hydroxylation is 1. The van der Waals surface area contributed by atoms with E-state index in [1.807, 2.05) is 6.92 Å². The predicted molar refractivity (Wildman–Crippen MR) is 107 cm³/mol. The van der Waals surface area contributed by atoms with Crippen LogP contribution in [-0.4, -0.2) is 33.7 Å². The summed E-state index contributed by atoms with van der Waals surface area (Å²) in [5.74, 6) is 0.159. The van der Waals surface area contributed by atoms with E-state index in [9.17, 15) is 13.2 Å². The number of hydrogen-bond acceptors (Lipinski definition) is 3. The predicted octanol–water partition coefficient (Wildman–Crippen LogP) is 3.86. The molecule has 1 rings (SSSR count). The monoisotopic (exact) mass is 432 g/mol. The highest BCUT2D eigenvalue weighted by Crippen LogP contribution is 2.24. The van der Waals surface area contributed by atoms with Gasteiger partial charge in [0.25, 0.3) is 0 Å². The Kier molecular flexibility index (Phi) is 8.93. The average Bonchev–Trinajstić information content (AvgIpc) is 2.54. The van der Waals surface area contributed by atoms with Crippen molar-refractivity contribution in [1.29, 1.82) is 0 Å². The second kappa shape index (κ2) is 10.2. The van der Waals surface area contributed by atoms with Gasteiger partial charge >= 0.3 is 0 Å². The third kappa shape index (κ3) is 7.36. The van der Waals surface area contributed by atoms with Crippen molar-refractivity contribution in [3.8, 4) is 0 Å². The Morgan fingerprint density at radius 3 is 2.52 bits per heavy atom. The Morgan fingerprint density at radius 2 is 2.00 bits per heavy atom. The fraction of sp³-hybridized carbons (Fsp3) is 0.611. The van der Waals surface area contributed by atoms with Gasteiger partial charge in [0.2, 0.25) is 15.9 Å². The molecule has 0 aliphatic heterocycles. The first kappa shape index (κ1) is 22.0. The molecular weight excluding hydrogens is 404 g/mol. The number of hydrogen-bond donors (Lipinski definition) is 1. The van der Waals surface area contributed by atoms with Gasteiger partial charge in [-0.1, -0.05) is 49.0 Å². The van der Waals surface area contributed by atoms with E-state index >= 15 is 0 Å². The first-order valence-electron chi connectivity index (χ1n) is 8.69. The maximum absolute atomic E-state index is 12.3. The van der Waals surface area contributed by atoms with Gasteiger partial charge < -0.3 is 5.32 Å². The van der Waals surface area contributed by atoms with E-state index in [1.165, 1.54) is 0 Å². The minimum atomic E-state index is -3.54. The molecule has 1 aromatic rings. The van der Waals surface area contributed by atoms with Crippen LogP contribution < -0.4 is 9.62 Å². The first-order valence-corrected chi connectivity index (χ1v) is 11.3. The van der Waals surface area contributed by atoms with Crippen LogP contribution in [0.3, 0.4) is 0 Å². The lowest BCUT2D eigenvalue weighted by atomic mass is 9.99. The lowest BCUT2D eigenvalue weighted by Crippen LogP contribution is -2.41. The van der Waals surface area contributed by atoms with Gasteiger partial charge in [-0.05, 0) is 43.0 Å². The number of sulfonamides is 1. The quantitative estimate of drug-likeness (QED) is 0.610. The molecule has 142 valence electrons. The number of carbonyl (C=O) groups is 1. The number of nitrogens with one attached hydrogen (secondary N) is 1. The van der Waals surface area contributed by atoms with E-state index in [0.29, 0.717) is 18.2 Å². The second-order valence-electron chi connectivity index (χ2n) is 6.42. The highest BCUT2D eigenvalue weighted by molar-refractivity contribution is 9.10. The lowest BCUT2D eigenvalue weighted by Gasteiger charge is -2.23. The molecule has 0 heterocycles. The minimum absolute atomic E-state index is 0.204. The third-order valence-electron chi connectivity index (χ3n) is 4.25. The molecule has 0 aliphatic carbocycles. The lowest BCUT2D eigenvalue weighted by molar-refractivity contribution is -0.119. The molecular formula is C18H29BrN2O3S. The van der Waals surface area contributed by atoms with Crippen LogP contribution in [0, 0.1) is 12.8 Å². The molecule has 0 aromatic heterocycles. The van der Waals surface area contributed by atoms with Crippen LogP contribution in [0.2, 0.25) is 0 Å². The van der Waals surface area contributed by atoms with Crippen molar-refractivity contribution in [3.63, 3.8) is 0 Å². The number of carbonyl (C=O) groups excluding carboxylic acids is 1. The molecule has 1 amide bonds. The molecule has 0 radical (unpaired) electrons. The normalized spacial score (nSPS) is 12.7. The second-order valence-corrected chi connectivity index (χ2v) is 9.18. The van der Waals surface area contributed by atoms with E-state index in [1.54, 1.807) is 18.2 Å². The molecule has 0 saturated heterocycles. The van der Waals surface area contributed by atoms with Crippen LogP contribution in [0.5, 0.6) is 0 Å². The maximum Gasteiger partial charge on any atom is 0.240 e. The average molecular weight is 433 g/mol. The molecule has 25 heavy (non-hydrogen) atoms. The summed E-state index contributed by atoms with van der Waals surface area (Å²) in [6.45, 7) is 6.53. The molecule has 0 aliphatic rings. The number of unbranched alkanes of at least 4 members (excludes halogenated alkanes) is 1. The number of amides is 1. The first-order chi connectivity index (χ1) is 11.7. The van der Waals surface area contributed by atoms with Gasteiger partial charge in [-0.25, -0.2) is 8.42 Å². The zero-order valence-electron chi connectivity index (χ0n) is 15.5. The molecule has 5 nitrogen and oxygen atoms in total. The zero-order chi connectivity index (χ0) is 19.0. The number of nitrogens with zero attached hydrogens (tertiary/aromatic N) is 1. The van der Waals surface area contributed by atoms with Crippen molar-refractivity contribution in [2.24, 2.45) is 5.92 Å². The van der Waals surface area contributed by atoms with Crippen molar-refractivity contribution < 1.29 is 13.2 Å². The van der Waals surface area contributed by atoms with E-state index in [2.05, 4.69) is 35.1 Å². The third-order valence-corrected chi connectivity index (χ3v) is 6.28. The van der Waals surface area contributed by atoms with Crippen molar-refractivity contribution in [3.05, 3.63) is 28.2 Å². The van der Waals surface area contributed by atoms with Crippen LogP contribution in [0.4, 0.5) is 5.69 Å². The maximum atomic E-state index is 12.3. The van der Waals surface area contributed by atoms with E-state index in [-0.39, 0.29) is 12.5 Å². The number of benzene rings is 1. The van der Waals surface area contributed by atoms with Gasteiger partial charge in [-0.2, -0.15) is 0 Å². The van der Waals surface area contributed by atoms with Gasteiger partial charge in [0.15, 0.2) is 0 Å². The van der Waals surface area contributed by atoms with Gasteiger partial charge in [0, 0.05) is 11.0 Å². The summed E-state index contributed by atoms with van der Waals surface area (Å²) in [6.07, 6.45) is 5.47. The van der Waals surface area contributed by atoms with E-state index in [4.69, 9.17) is 0 Å². The Hall–Kier alpha value is -1.08. The van der Waals surface area contributed by atoms with Gasteiger partial charge in [0.1, 0.15) is 6.54 Å². The number of halogens is 1. The van der Waals surface area contributed by atoms with Crippen molar-refractivity contribution in [1.82, 2.24) is 5.32 Å². The minimum Gasteiger partial charge on any atom is -0.354 e. The number of anilines is 1. The summed E-state index contributed by atoms with van der Waals surface area (Å²) in [5, 5.41) is 2.89. The largest absolute Gasteiger partial charge is 0.354 e. The van der Waals surface area contributed by atoms with Crippen LogP contribution in [-0.2, 0) is 14.8 Å². The van der Waals surface area contributed by atoms with Crippen LogP contribution in [0.15, 0.2) is 22.7 Å². The molecule has 0 saturated carbocycles. The summed E-state index contributed by atoms with van der Waals surface area (Å²) < 4.78 is 26.3. The van der Waals surface area contributed by atoms with Gasteiger partial charge in [-0.15, -0.1) is 0 Å². The van der Waals surface area contributed by atoms with Crippen LogP contribution in [0.1, 0.15) is 45.1 Å². The molecule has 0 fully saturated rings. The Labute approximate surface area is 160 Å². The summed E-state index contributed by atoms with van der Waals surface area (Å²) in [4.78, 5) is 12.3. The van der Waals surface area contributed by atoms with E-state index < -0.39 is 10.0 Å². The molecule has 7 heteroatoms. The number of rotatable bonds is 10. The molecule has 1 N–H and O–H groups in total.